The minimum atomic E-state index is 0.544. The zero-order valence-electron chi connectivity index (χ0n) is 15.2. The van der Waals surface area contributed by atoms with Gasteiger partial charge in [-0.1, -0.05) is 58.1 Å². The summed E-state index contributed by atoms with van der Waals surface area (Å²) in [6.45, 7) is 5.27. The number of phenols is 1. The SMILES string of the molecule is CCCCc1cc(CCCC)c(O)c(CNC2CCCCC2)c1. The highest BCUT2D eigenvalue weighted by Crippen LogP contribution is 2.28. The van der Waals surface area contributed by atoms with E-state index < -0.39 is 0 Å². The molecule has 0 amide bonds. The van der Waals surface area contributed by atoms with Crippen molar-refractivity contribution in [2.24, 2.45) is 0 Å². The van der Waals surface area contributed by atoms with Crippen LogP contribution >= 0.6 is 0 Å². The fourth-order valence-corrected chi connectivity index (χ4v) is 3.61. The number of nitrogens with one attached hydrogen (secondary N) is 1. The highest BCUT2D eigenvalue weighted by molar-refractivity contribution is 5.44. The van der Waals surface area contributed by atoms with Gasteiger partial charge >= 0.3 is 0 Å². The summed E-state index contributed by atoms with van der Waals surface area (Å²) in [6.07, 6.45) is 13.6. The van der Waals surface area contributed by atoms with Crippen molar-refractivity contribution in [3.05, 3.63) is 28.8 Å². The first-order valence-corrected chi connectivity index (χ1v) is 9.81. The molecule has 1 aromatic carbocycles. The molecule has 1 aliphatic rings. The van der Waals surface area contributed by atoms with Crippen LogP contribution in [0, 0.1) is 0 Å². The molecule has 0 bridgehead atoms. The van der Waals surface area contributed by atoms with Gasteiger partial charge in [0.1, 0.15) is 5.75 Å². The van der Waals surface area contributed by atoms with Gasteiger partial charge < -0.3 is 10.4 Å². The van der Waals surface area contributed by atoms with Crippen LogP contribution in [0.4, 0.5) is 0 Å². The standard InChI is InChI=1S/C21H35NO/c1-3-5-10-17-14-18(11-6-4-2)21(23)19(15-17)16-22-20-12-8-7-9-13-20/h14-15,20,22-23H,3-13,16H2,1-2H3. The summed E-state index contributed by atoms with van der Waals surface area (Å²) in [7, 11) is 0. The molecule has 1 saturated carbocycles. The number of phenolic OH excluding ortho intramolecular Hbond substituents is 1. The van der Waals surface area contributed by atoms with Gasteiger partial charge in [-0.3, -0.25) is 0 Å². The lowest BCUT2D eigenvalue weighted by Crippen LogP contribution is -2.30. The van der Waals surface area contributed by atoms with Gasteiger partial charge in [0.05, 0.1) is 0 Å². The molecule has 0 aliphatic heterocycles. The molecular formula is C21H35NO. The van der Waals surface area contributed by atoms with Gasteiger partial charge in [-0.2, -0.15) is 0 Å². The quantitative estimate of drug-likeness (QED) is 0.630. The van der Waals surface area contributed by atoms with Crippen LogP contribution in [0.1, 0.15) is 88.3 Å². The number of rotatable bonds is 9. The molecule has 0 saturated heterocycles. The number of hydrogen-bond acceptors (Lipinski definition) is 2. The lowest BCUT2D eigenvalue weighted by atomic mass is 9.94. The predicted molar refractivity (Wildman–Crippen MR) is 99.0 cm³/mol. The summed E-state index contributed by atoms with van der Waals surface area (Å²) in [5, 5.41) is 14.3. The van der Waals surface area contributed by atoms with Crippen molar-refractivity contribution in [1.29, 1.82) is 0 Å². The predicted octanol–water partition coefficient (Wildman–Crippen LogP) is 5.50. The molecule has 130 valence electrons. The van der Waals surface area contributed by atoms with Gasteiger partial charge in [-0.15, -0.1) is 0 Å². The third kappa shape index (κ3) is 5.84. The van der Waals surface area contributed by atoms with E-state index in [1.165, 1.54) is 56.9 Å². The maximum atomic E-state index is 10.7. The minimum absolute atomic E-state index is 0.544. The lowest BCUT2D eigenvalue weighted by Gasteiger charge is -2.23. The fourth-order valence-electron chi connectivity index (χ4n) is 3.61. The molecule has 0 unspecified atom stereocenters. The average Bonchev–Trinajstić information content (AvgIpc) is 2.59. The molecule has 1 aliphatic carbocycles. The molecule has 23 heavy (non-hydrogen) atoms. The summed E-state index contributed by atoms with van der Waals surface area (Å²) in [6, 6.07) is 5.11. The number of aryl methyl sites for hydroxylation is 2. The van der Waals surface area contributed by atoms with Gasteiger partial charge in [0.2, 0.25) is 0 Å². The Labute approximate surface area is 142 Å². The van der Waals surface area contributed by atoms with Gasteiger partial charge in [0.25, 0.3) is 0 Å². The van der Waals surface area contributed by atoms with Gasteiger partial charge in [-0.05, 0) is 49.7 Å². The van der Waals surface area contributed by atoms with Crippen LogP contribution in [-0.2, 0) is 19.4 Å². The van der Waals surface area contributed by atoms with Crippen molar-refractivity contribution in [3.8, 4) is 5.75 Å². The summed E-state index contributed by atoms with van der Waals surface area (Å²) in [5.74, 6) is 0.544. The van der Waals surface area contributed by atoms with Crippen LogP contribution in [-0.4, -0.2) is 11.1 Å². The molecule has 0 heterocycles. The zero-order valence-corrected chi connectivity index (χ0v) is 15.2. The summed E-state index contributed by atoms with van der Waals surface area (Å²) in [5.41, 5.74) is 3.66. The van der Waals surface area contributed by atoms with Crippen LogP contribution in [0.2, 0.25) is 0 Å². The van der Waals surface area contributed by atoms with Crippen LogP contribution in [0.3, 0.4) is 0 Å². The summed E-state index contributed by atoms with van der Waals surface area (Å²) in [4.78, 5) is 0. The monoisotopic (exact) mass is 317 g/mol. The molecular weight excluding hydrogens is 282 g/mol. The Hall–Kier alpha value is -1.02. The average molecular weight is 318 g/mol. The van der Waals surface area contributed by atoms with Crippen LogP contribution in [0.5, 0.6) is 5.75 Å². The number of aromatic hydroxyl groups is 1. The topological polar surface area (TPSA) is 32.3 Å². The molecule has 2 rings (SSSR count). The molecule has 1 fully saturated rings. The van der Waals surface area contributed by atoms with E-state index in [-0.39, 0.29) is 0 Å². The Balaban J connectivity index is 2.07. The van der Waals surface area contributed by atoms with Crippen LogP contribution < -0.4 is 5.32 Å². The third-order valence-electron chi connectivity index (χ3n) is 5.13. The normalized spacial score (nSPS) is 15.9. The maximum absolute atomic E-state index is 10.7. The number of benzene rings is 1. The van der Waals surface area contributed by atoms with E-state index in [4.69, 9.17) is 0 Å². The van der Waals surface area contributed by atoms with Crippen molar-refractivity contribution in [3.63, 3.8) is 0 Å². The summed E-state index contributed by atoms with van der Waals surface area (Å²) >= 11 is 0. The van der Waals surface area contributed by atoms with Gasteiger partial charge in [0, 0.05) is 18.2 Å². The van der Waals surface area contributed by atoms with E-state index in [0.29, 0.717) is 11.8 Å². The molecule has 0 spiro atoms. The van der Waals surface area contributed by atoms with E-state index in [0.717, 1.165) is 36.9 Å². The highest BCUT2D eigenvalue weighted by atomic mass is 16.3. The smallest absolute Gasteiger partial charge is 0.123 e. The lowest BCUT2D eigenvalue weighted by molar-refractivity contribution is 0.368. The number of hydrogen-bond donors (Lipinski definition) is 2. The van der Waals surface area contributed by atoms with E-state index in [9.17, 15) is 5.11 Å². The van der Waals surface area contributed by atoms with Crippen molar-refractivity contribution in [2.45, 2.75) is 97.1 Å². The molecule has 2 nitrogen and oxygen atoms in total. The summed E-state index contributed by atoms with van der Waals surface area (Å²) < 4.78 is 0. The van der Waals surface area contributed by atoms with Crippen molar-refractivity contribution in [2.75, 3.05) is 0 Å². The first-order chi connectivity index (χ1) is 11.2. The number of unbranched alkanes of at least 4 members (excludes halogenated alkanes) is 2. The Morgan fingerprint density at radius 2 is 1.61 bits per heavy atom. The molecule has 2 N–H and O–H groups in total. The minimum Gasteiger partial charge on any atom is -0.507 e. The Morgan fingerprint density at radius 1 is 0.957 bits per heavy atom. The van der Waals surface area contributed by atoms with E-state index in [1.54, 1.807) is 0 Å². The molecule has 2 heteroatoms. The zero-order chi connectivity index (χ0) is 16.5. The molecule has 0 atom stereocenters. The fraction of sp³-hybridized carbons (Fsp3) is 0.714. The Morgan fingerprint density at radius 3 is 2.30 bits per heavy atom. The maximum Gasteiger partial charge on any atom is 0.123 e. The van der Waals surface area contributed by atoms with Crippen LogP contribution in [0.15, 0.2) is 12.1 Å². The van der Waals surface area contributed by atoms with Crippen molar-refractivity contribution < 1.29 is 5.11 Å². The Kier molecular flexibility index (Phi) is 7.94. The Bertz CT molecular complexity index is 463. The second-order valence-corrected chi connectivity index (χ2v) is 7.19. The van der Waals surface area contributed by atoms with E-state index in [1.807, 2.05) is 0 Å². The van der Waals surface area contributed by atoms with E-state index >= 15 is 0 Å². The second kappa shape index (κ2) is 9.97. The van der Waals surface area contributed by atoms with Crippen molar-refractivity contribution in [1.82, 2.24) is 5.32 Å². The third-order valence-corrected chi connectivity index (χ3v) is 5.13. The van der Waals surface area contributed by atoms with Gasteiger partial charge in [0.15, 0.2) is 0 Å². The highest BCUT2D eigenvalue weighted by Gasteiger charge is 2.15. The van der Waals surface area contributed by atoms with Crippen molar-refractivity contribution >= 4 is 0 Å². The first-order valence-electron chi connectivity index (χ1n) is 9.81. The van der Waals surface area contributed by atoms with Crippen LogP contribution in [0.25, 0.3) is 0 Å². The second-order valence-electron chi connectivity index (χ2n) is 7.19. The molecule has 1 aromatic rings. The first kappa shape index (κ1) is 18.3. The molecule has 0 aromatic heterocycles. The largest absolute Gasteiger partial charge is 0.507 e. The van der Waals surface area contributed by atoms with E-state index in [2.05, 4.69) is 31.3 Å². The van der Waals surface area contributed by atoms with Gasteiger partial charge in [-0.25, -0.2) is 0 Å². The molecule has 0 radical (unpaired) electrons.